The van der Waals surface area contributed by atoms with Gasteiger partial charge in [0.05, 0.1) is 31.4 Å². The number of amides is 1. The first-order valence-corrected chi connectivity index (χ1v) is 9.80. The molecule has 7 nitrogen and oxygen atoms in total. The van der Waals surface area contributed by atoms with Crippen LogP contribution in [0.4, 0.5) is 4.79 Å². The van der Waals surface area contributed by atoms with Crippen molar-refractivity contribution >= 4 is 12.1 Å². The van der Waals surface area contributed by atoms with E-state index in [-0.39, 0.29) is 0 Å². The van der Waals surface area contributed by atoms with E-state index >= 15 is 0 Å². The van der Waals surface area contributed by atoms with Crippen molar-refractivity contribution < 1.29 is 28.9 Å². The van der Waals surface area contributed by atoms with E-state index in [2.05, 4.69) is 6.58 Å². The largest absolute Gasteiger partial charge is 0.493 e. The molecule has 0 aliphatic carbocycles. The fourth-order valence-corrected chi connectivity index (χ4v) is 3.21. The van der Waals surface area contributed by atoms with Crippen LogP contribution in [-0.4, -0.2) is 54.0 Å². The normalized spacial score (nSPS) is 19.4. The van der Waals surface area contributed by atoms with Gasteiger partial charge in [-0.2, -0.15) is 0 Å². The molecule has 0 radical (unpaired) electrons. The third-order valence-corrected chi connectivity index (χ3v) is 4.58. The summed E-state index contributed by atoms with van der Waals surface area (Å²) in [6, 6.07) is 4.56. The van der Waals surface area contributed by atoms with Crippen LogP contribution in [0.15, 0.2) is 30.9 Å². The number of carbonyl (C=O) groups excluding carboxylic acids is 2. The lowest BCUT2D eigenvalue weighted by molar-refractivity contribution is -0.00885. The number of hydrogen-bond acceptors (Lipinski definition) is 6. The van der Waals surface area contributed by atoms with Gasteiger partial charge in [0.25, 0.3) is 0 Å². The number of carbonyl (C=O) groups is 2. The second-order valence-electron chi connectivity index (χ2n) is 8.04. The summed E-state index contributed by atoms with van der Waals surface area (Å²) in [7, 11) is 1.32. The molecule has 1 N–H and O–H groups in total. The van der Waals surface area contributed by atoms with E-state index in [1.165, 1.54) is 7.11 Å². The maximum Gasteiger partial charge on any atom is 0.410 e. The number of aliphatic hydroxyl groups excluding tert-OH is 1. The van der Waals surface area contributed by atoms with Crippen molar-refractivity contribution in [2.45, 2.75) is 57.8 Å². The molecule has 1 aliphatic heterocycles. The molecule has 7 heteroatoms. The second-order valence-corrected chi connectivity index (χ2v) is 8.04. The van der Waals surface area contributed by atoms with Crippen LogP contribution in [0.3, 0.4) is 0 Å². The Bertz CT molecular complexity index is 739. The maximum absolute atomic E-state index is 12.8. The van der Waals surface area contributed by atoms with Crippen molar-refractivity contribution in [3.63, 3.8) is 0 Å². The lowest BCUT2D eigenvalue weighted by Gasteiger charge is -2.39. The average molecular weight is 405 g/mol. The lowest BCUT2D eigenvalue weighted by atomic mass is 9.92. The van der Waals surface area contributed by atoms with Crippen molar-refractivity contribution in [2.75, 3.05) is 20.3 Å². The van der Waals surface area contributed by atoms with Gasteiger partial charge in [0.15, 0.2) is 0 Å². The number of rotatable bonds is 6. The number of methoxy groups -OCH3 is 1. The molecule has 0 unspecified atom stereocenters. The Morgan fingerprint density at radius 2 is 2.07 bits per heavy atom. The SMILES string of the molecule is C=CCCOc1cc(C(=O)OC)ccc1[C@@H]1C[C@@H](O)CCN1C(=O)OC(C)(C)C. The predicted molar refractivity (Wildman–Crippen MR) is 109 cm³/mol. The van der Waals surface area contributed by atoms with Crippen molar-refractivity contribution in [1.29, 1.82) is 0 Å². The molecule has 1 heterocycles. The Kier molecular flexibility index (Phi) is 7.67. The first-order chi connectivity index (χ1) is 13.7. The summed E-state index contributed by atoms with van der Waals surface area (Å²) in [6.45, 7) is 9.87. The van der Waals surface area contributed by atoms with Gasteiger partial charge in [-0.3, -0.25) is 0 Å². The molecule has 1 saturated heterocycles. The van der Waals surface area contributed by atoms with Gasteiger partial charge in [-0.1, -0.05) is 12.1 Å². The Hall–Kier alpha value is -2.54. The van der Waals surface area contributed by atoms with Gasteiger partial charge in [-0.15, -0.1) is 6.58 Å². The minimum atomic E-state index is -0.629. The summed E-state index contributed by atoms with van der Waals surface area (Å²) in [5.41, 5.74) is 0.437. The fourth-order valence-electron chi connectivity index (χ4n) is 3.21. The number of aliphatic hydroxyl groups is 1. The van der Waals surface area contributed by atoms with Gasteiger partial charge in [0.1, 0.15) is 11.4 Å². The summed E-state index contributed by atoms with van der Waals surface area (Å²) in [5, 5.41) is 10.3. The number of hydrogen-bond donors (Lipinski definition) is 1. The second kappa shape index (κ2) is 9.78. The van der Waals surface area contributed by atoms with Crippen LogP contribution in [0.2, 0.25) is 0 Å². The van der Waals surface area contributed by atoms with E-state index in [9.17, 15) is 14.7 Å². The summed E-state index contributed by atoms with van der Waals surface area (Å²) >= 11 is 0. The number of benzene rings is 1. The Labute approximate surface area is 172 Å². The van der Waals surface area contributed by atoms with Crippen LogP contribution in [0, 0.1) is 0 Å². The first-order valence-electron chi connectivity index (χ1n) is 9.80. The van der Waals surface area contributed by atoms with Crippen LogP contribution >= 0.6 is 0 Å². The molecule has 1 fully saturated rings. The molecule has 1 aromatic rings. The first kappa shape index (κ1) is 22.7. The van der Waals surface area contributed by atoms with E-state index in [4.69, 9.17) is 14.2 Å². The quantitative estimate of drug-likeness (QED) is 0.439. The summed E-state index contributed by atoms with van der Waals surface area (Å²) in [4.78, 5) is 26.4. The Balaban J connectivity index is 2.40. The van der Waals surface area contributed by atoms with E-state index < -0.39 is 29.8 Å². The summed E-state index contributed by atoms with van der Waals surface area (Å²) in [5.74, 6) is 0.000191. The highest BCUT2D eigenvalue weighted by Gasteiger charge is 2.36. The van der Waals surface area contributed by atoms with Gasteiger partial charge in [-0.05, 0) is 52.2 Å². The molecule has 2 atom stereocenters. The van der Waals surface area contributed by atoms with E-state index in [1.807, 2.05) is 20.8 Å². The van der Waals surface area contributed by atoms with Gasteiger partial charge in [0.2, 0.25) is 0 Å². The summed E-state index contributed by atoms with van der Waals surface area (Å²) in [6.07, 6.45) is 2.21. The number of ether oxygens (including phenoxy) is 3. The highest BCUT2D eigenvalue weighted by atomic mass is 16.6. The third-order valence-electron chi connectivity index (χ3n) is 4.58. The van der Waals surface area contributed by atoms with Gasteiger partial charge in [-0.25, -0.2) is 9.59 Å². The minimum Gasteiger partial charge on any atom is -0.493 e. The molecule has 0 bridgehead atoms. The molecular weight excluding hydrogens is 374 g/mol. The smallest absolute Gasteiger partial charge is 0.410 e. The third kappa shape index (κ3) is 6.22. The zero-order valence-corrected chi connectivity index (χ0v) is 17.6. The van der Waals surface area contributed by atoms with Crippen molar-refractivity contribution in [3.05, 3.63) is 42.0 Å². The van der Waals surface area contributed by atoms with Gasteiger partial charge >= 0.3 is 12.1 Å². The van der Waals surface area contributed by atoms with E-state index in [0.717, 1.165) is 0 Å². The zero-order chi connectivity index (χ0) is 21.6. The van der Waals surface area contributed by atoms with Crippen LogP contribution in [0.5, 0.6) is 5.75 Å². The summed E-state index contributed by atoms with van der Waals surface area (Å²) < 4.78 is 16.2. The van der Waals surface area contributed by atoms with Crippen molar-refractivity contribution in [2.24, 2.45) is 0 Å². The molecule has 0 saturated carbocycles. The predicted octanol–water partition coefficient (Wildman–Crippen LogP) is 3.86. The standard InChI is InChI=1S/C22H31NO6/c1-6-7-12-28-19-13-15(20(25)27-5)8-9-17(19)18-14-16(24)10-11-23(18)21(26)29-22(2,3)4/h6,8-9,13,16,18,24H,1,7,10-12,14H2,2-5H3/t16-,18-/m0/s1. The lowest BCUT2D eigenvalue weighted by Crippen LogP contribution is -2.45. The molecule has 1 aliphatic rings. The van der Waals surface area contributed by atoms with Crippen LogP contribution in [-0.2, 0) is 9.47 Å². The molecule has 0 aromatic heterocycles. The molecule has 29 heavy (non-hydrogen) atoms. The zero-order valence-electron chi connectivity index (χ0n) is 17.6. The Morgan fingerprint density at radius 1 is 1.34 bits per heavy atom. The average Bonchev–Trinajstić information content (AvgIpc) is 2.66. The number of esters is 1. The van der Waals surface area contributed by atoms with Crippen molar-refractivity contribution in [3.8, 4) is 5.75 Å². The van der Waals surface area contributed by atoms with E-state index in [0.29, 0.717) is 49.3 Å². The van der Waals surface area contributed by atoms with Crippen LogP contribution in [0.25, 0.3) is 0 Å². The number of likely N-dealkylation sites (tertiary alicyclic amines) is 1. The number of nitrogens with zero attached hydrogens (tertiary/aromatic N) is 1. The number of piperidine rings is 1. The molecule has 1 amide bonds. The molecule has 2 rings (SSSR count). The molecule has 160 valence electrons. The van der Waals surface area contributed by atoms with Crippen molar-refractivity contribution in [1.82, 2.24) is 4.90 Å². The van der Waals surface area contributed by atoms with Crippen LogP contribution < -0.4 is 4.74 Å². The fraction of sp³-hybridized carbons (Fsp3) is 0.545. The highest BCUT2D eigenvalue weighted by molar-refractivity contribution is 5.90. The molecular formula is C22H31NO6. The van der Waals surface area contributed by atoms with Gasteiger partial charge in [0, 0.05) is 12.1 Å². The Morgan fingerprint density at radius 3 is 2.69 bits per heavy atom. The van der Waals surface area contributed by atoms with E-state index in [1.54, 1.807) is 29.2 Å². The van der Waals surface area contributed by atoms with Crippen LogP contribution in [0.1, 0.15) is 62.0 Å². The monoisotopic (exact) mass is 405 g/mol. The van der Waals surface area contributed by atoms with Gasteiger partial charge < -0.3 is 24.2 Å². The topological polar surface area (TPSA) is 85.3 Å². The minimum absolute atomic E-state index is 0.352. The molecule has 0 spiro atoms. The molecule has 1 aromatic carbocycles. The maximum atomic E-state index is 12.8. The highest BCUT2D eigenvalue weighted by Crippen LogP contribution is 2.38.